The molecular weight excluding hydrogens is 270 g/mol. The van der Waals surface area contributed by atoms with Crippen LogP contribution in [0.4, 0.5) is 5.69 Å². The molecule has 2 N–H and O–H groups in total. The van der Waals surface area contributed by atoms with Crippen LogP contribution in [0.1, 0.15) is 38.9 Å². The highest BCUT2D eigenvalue weighted by atomic mass is 16.5. The molecule has 0 aliphatic heterocycles. The Morgan fingerprint density at radius 3 is 2.76 bits per heavy atom. The molecule has 6 heteroatoms. The lowest BCUT2D eigenvalue weighted by atomic mass is 10.2. The van der Waals surface area contributed by atoms with Crippen molar-refractivity contribution >= 4 is 17.6 Å². The normalized spacial score (nSPS) is 10.2. The van der Waals surface area contributed by atoms with Gasteiger partial charge < -0.3 is 15.0 Å². The van der Waals surface area contributed by atoms with Crippen LogP contribution in [0.5, 0.6) is 0 Å². The Morgan fingerprint density at radius 2 is 2.10 bits per heavy atom. The van der Waals surface area contributed by atoms with Gasteiger partial charge in [-0.25, -0.2) is 4.79 Å². The molecule has 0 aliphatic rings. The third-order valence-corrected chi connectivity index (χ3v) is 2.94. The van der Waals surface area contributed by atoms with E-state index < -0.39 is 5.97 Å². The van der Waals surface area contributed by atoms with Crippen LogP contribution in [-0.2, 0) is 4.74 Å². The number of nitrogens with zero attached hydrogens (tertiary/aromatic N) is 1. The predicted molar refractivity (Wildman–Crippen MR) is 78.4 cm³/mol. The van der Waals surface area contributed by atoms with E-state index in [1.807, 2.05) is 6.92 Å². The van der Waals surface area contributed by atoms with Crippen LogP contribution in [0.2, 0.25) is 0 Å². The zero-order valence-electron chi connectivity index (χ0n) is 12.2. The molecular formula is C15H17N3O3. The largest absolute Gasteiger partial charge is 0.462 e. The van der Waals surface area contributed by atoms with E-state index in [-0.39, 0.29) is 12.5 Å². The SMILES string of the molecule is CCOC(=O)c1c(NC(=O)c2cncc(C)c2)c[nH]c1C. The van der Waals surface area contributed by atoms with Gasteiger partial charge in [-0.3, -0.25) is 9.78 Å². The molecule has 0 radical (unpaired) electrons. The van der Waals surface area contributed by atoms with Crippen LogP contribution in [0.25, 0.3) is 0 Å². The van der Waals surface area contributed by atoms with Crippen molar-refractivity contribution in [2.75, 3.05) is 11.9 Å². The summed E-state index contributed by atoms with van der Waals surface area (Å²) in [6.45, 7) is 5.61. The second kappa shape index (κ2) is 6.21. The second-order valence-corrected chi connectivity index (χ2v) is 4.63. The van der Waals surface area contributed by atoms with Gasteiger partial charge in [0.15, 0.2) is 0 Å². The zero-order valence-corrected chi connectivity index (χ0v) is 12.2. The van der Waals surface area contributed by atoms with Crippen molar-refractivity contribution < 1.29 is 14.3 Å². The van der Waals surface area contributed by atoms with E-state index >= 15 is 0 Å². The van der Waals surface area contributed by atoms with E-state index in [9.17, 15) is 9.59 Å². The fourth-order valence-electron chi connectivity index (χ4n) is 1.97. The first-order valence-electron chi connectivity index (χ1n) is 6.61. The third-order valence-electron chi connectivity index (χ3n) is 2.94. The van der Waals surface area contributed by atoms with Crippen LogP contribution in [0, 0.1) is 13.8 Å². The molecule has 2 aromatic heterocycles. The Kier molecular flexibility index (Phi) is 4.37. The summed E-state index contributed by atoms with van der Waals surface area (Å²) in [5, 5.41) is 2.70. The maximum Gasteiger partial charge on any atom is 0.342 e. The van der Waals surface area contributed by atoms with Crippen LogP contribution in [-0.4, -0.2) is 28.5 Å². The Bertz CT molecular complexity index is 677. The van der Waals surface area contributed by atoms with Gasteiger partial charge in [-0.1, -0.05) is 0 Å². The molecule has 2 heterocycles. The van der Waals surface area contributed by atoms with Crippen molar-refractivity contribution in [2.24, 2.45) is 0 Å². The molecule has 0 unspecified atom stereocenters. The van der Waals surface area contributed by atoms with E-state index in [0.29, 0.717) is 22.5 Å². The van der Waals surface area contributed by atoms with Gasteiger partial charge in [0, 0.05) is 24.3 Å². The fourth-order valence-corrected chi connectivity index (χ4v) is 1.97. The average Bonchev–Trinajstić information content (AvgIpc) is 2.80. The molecule has 21 heavy (non-hydrogen) atoms. The quantitative estimate of drug-likeness (QED) is 0.846. The van der Waals surface area contributed by atoms with Gasteiger partial charge in [0.1, 0.15) is 5.56 Å². The molecule has 1 amide bonds. The summed E-state index contributed by atoms with van der Waals surface area (Å²) in [6, 6.07) is 1.73. The fraction of sp³-hybridized carbons (Fsp3) is 0.267. The lowest BCUT2D eigenvalue weighted by molar-refractivity contribution is 0.0527. The minimum Gasteiger partial charge on any atom is -0.462 e. The molecule has 0 fully saturated rings. The second-order valence-electron chi connectivity index (χ2n) is 4.63. The lowest BCUT2D eigenvalue weighted by Gasteiger charge is -2.07. The average molecular weight is 287 g/mol. The first-order chi connectivity index (χ1) is 10.0. The topological polar surface area (TPSA) is 84.1 Å². The smallest absolute Gasteiger partial charge is 0.342 e. The number of hydrogen-bond acceptors (Lipinski definition) is 4. The molecule has 0 spiro atoms. The number of H-pyrrole nitrogens is 1. The zero-order chi connectivity index (χ0) is 15.4. The van der Waals surface area contributed by atoms with Crippen LogP contribution >= 0.6 is 0 Å². The standard InChI is InChI=1S/C15H17N3O3/c1-4-21-15(20)13-10(3)17-8-12(13)18-14(19)11-5-9(2)6-16-7-11/h5-8,17H,4H2,1-3H3,(H,18,19). The van der Waals surface area contributed by atoms with Crippen molar-refractivity contribution in [3.05, 3.63) is 47.0 Å². The molecule has 110 valence electrons. The van der Waals surface area contributed by atoms with E-state index in [1.165, 1.54) is 6.20 Å². The number of hydrogen-bond donors (Lipinski definition) is 2. The van der Waals surface area contributed by atoms with Crippen molar-refractivity contribution in [1.82, 2.24) is 9.97 Å². The van der Waals surface area contributed by atoms with Crippen molar-refractivity contribution in [3.8, 4) is 0 Å². The monoisotopic (exact) mass is 287 g/mol. The number of amides is 1. The van der Waals surface area contributed by atoms with Crippen molar-refractivity contribution in [2.45, 2.75) is 20.8 Å². The van der Waals surface area contributed by atoms with Gasteiger partial charge in [0.25, 0.3) is 5.91 Å². The van der Waals surface area contributed by atoms with Gasteiger partial charge in [-0.15, -0.1) is 0 Å². The summed E-state index contributed by atoms with van der Waals surface area (Å²) in [5.74, 6) is -0.787. The predicted octanol–water partition coefficient (Wildman–Crippen LogP) is 2.46. The summed E-state index contributed by atoms with van der Waals surface area (Å²) >= 11 is 0. The maximum absolute atomic E-state index is 12.2. The molecule has 6 nitrogen and oxygen atoms in total. The maximum atomic E-state index is 12.2. The van der Waals surface area contributed by atoms with E-state index in [0.717, 1.165) is 5.56 Å². The highest BCUT2D eigenvalue weighted by molar-refractivity contribution is 6.08. The van der Waals surface area contributed by atoms with Gasteiger partial charge in [-0.2, -0.15) is 0 Å². The molecule has 0 atom stereocenters. The van der Waals surface area contributed by atoms with Gasteiger partial charge in [0.05, 0.1) is 17.9 Å². The molecule has 0 aliphatic carbocycles. The number of pyridine rings is 1. The molecule has 0 bridgehead atoms. The van der Waals surface area contributed by atoms with Crippen molar-refractivity contribution in [1.29, 1.82) is 0 Å². The number of aromatic nitrogens is 2. The number of nitrogens with one attached hydrogen (secondary N) is 2. The van der Waals surface area contributed by atoms with Gasteiger partial charge in [-0.05, 0) is 32.4 Å². The number of aromatic amines is 1. The number of ether oxygens (including phenoxy) is 1. The van der Waals surface area contributed by atoms with Gasteiger partial charge >= 0.3 is 5.97 Å². The Hall–Kier alpha value is -2.63. The first kappa shape index (κ1) is 14.8. The molecule has 0 saturated carbocycles. The highest BCUT2D eigenvalue weighted by Gasteiger charge is 2.19. The summed E-state index contributed by atoms with van der Waals surface area (Å²) in [7, 11) is 0. The Labute approximate surface area is 122 Å². The minimum atomic E-state index is -0.464. The third kappa shape index (κ3) is 3.28. The number of rotatable bonds is 4. The summed E-state index contributed by atoms with van der Waals surface area (Å²) in [6.07, 6.45) is 4.72. The highest BCUT2D eigenvalue weighted by Crippen LogP contribution is 2.21. The van der Waals surface area contributed by atoms with Crippen LogP contribution in [0.15, 0.2) is 24.7 Å². The number of esters is 1. The number of anilines is 1. The van der Waals surface area contributed by atoms with E-state index in [4.69, 9.17) is 4.74 Å². The molecule has 2 rings (SSSR count). The number of carbonyl (C=O) groups is 2. The summed E-state index contributed by atoms with van der Waals surface area (Å²) in [4.78, 5) is 31.0. The van der Waals surface area contributed by atoms with E-state index in [1.54, 1.807) is 32.3 Å². The first-order valence-corrected chi connectivity index (χ1v) is 6.61. The Morgan fingerprint density at radius 1 is 1.33 bits per heavy atom. The van der Waals surface area contributed by atoms with Crippen molar-refractivity contribution in [3.63, 3.8) is 0 Å². The Balaban J connectivity index is 2.24. The summed E-state index contributed by atoms with van der Waals surface area (Å²) < 4.78 is 4.99. The van der Waals surface area contributed by atoms with Crippen LogP contribution in [0.3, 0.4) is 0 Å². The van der Waals surface area contributed by atoms with E-state index in [2.05, 4.69) is 15.3 Å². The molecule has 2 aromatic rings. The molecule has 0 saturated heterocycles. The minimum absolute atomic E-state index is 0.276. The molecule has 0 aromatic carbocycles. The van der Waals surface area contributed by atoms with Crippen LogP contribution < -0.4 is 5.32 Å². The lowest BCUT2D eigenvalue weighted by Crippen LogP contribution is -2.15. The number of aryl methyl sites for hydroxylation is 2. The summed E-state index contributed by atoms with van der Waals surface area (Å²) in [5.41, 5.74) is 2.71. The van der Waals surface area contributed by atoms with Gasteiger partial charge in [0.2, 0.25) is 0 Å². The number of carbonyl (C=O) groups excluding carboxylic acids is 2.